The van der Waals surface area contributed by atoms with E-state index in [1.165, 1.54) is 0 Å². The van der Waals surface area contributed by atoms with Crippen molar-refractivity contribution in [1.29, 1.82) is 0 Å². The minimum atomic E-state index is 0.154. The molecule has 0 saturated heterocycles. The van der Waals surface area contributed by atoms with Crippen molar-refractivity contribution in [2.75, 3.05) is 18.2 Å². The number of rotatable bonds is 5. The Morgan fingerprint density at radius 2 is 1.71 bits per heavy atom. The highest BCUT2D eigenvalue weighted by Crippen LogP contribution is 2.22. The zero-order chi connectivity index (χ0) is 16.9. The molecule has 0 fully saturated rings. The number of benzene rings is 2. The molecule has 0 unspecified atom stereocenters. The third-order valence-electron chi connectivity index (χ3n) is 3.40. The summed E-state index contributed by atoms with van der Waals surface area (Å²) in [7, 11) is 1.62. The Morgan fingerprint density at radius 1 is 1.00 bits per heavy atom. The van der Waals surface area contributed by atoms with Gasteiger partial charge in [-0.15, -0.1) is 0 Å². The third-order valence-corrected chi connectivity index (χ3v) is 3.40. The van der Waals surface area contributed by atoms with Crippen LogP contribution in [0.4, 0.5) is 17.6 Å². The number of nitrogens with one attached hydrogen (secondary N) is 1. The molecule has 2 aromatic carbocycles. The summed E-state index contributed by atoms with van der Waals surface area (Å²) in [5, 5.41) is 3.13. The van der Waals surface area contributed by atoms with E-state index in [1.54, 1.807) is 13.2 Å². The second kappa shape index (κ2) is 6.78. The van der Waals surface area contributed by atoms with Crippen LogP contribution in [0.1, 0.15) is 5.56 Å². The molecule has 0 amide bonds. The van der Waals surface area contributed by atoms with Crippen LogP contribution in [-0.4, -0.2) is 22.1 Å². The van der Waals surface area contributed by atoms with E-state index in [9.17, 15) is 0 Å². The van der Waals surface area contributed by atoms with Crippen LogP contribution in [0.2, 0.25) is 0 Å². The largest absolute Gasteiger partial charge is 0.497 e. The molecular weight excluding hydrogens is 302 g/mol. The summed E-state index contributed by atoms with van der Waals surface area (Å²) >= 11 is 0. The van der Waals surface area contributed by atoms with Gasteiger partial charge in [-0.3, -0.25) is 0 Å². The van der Waals surface area contributed by atoms with E-state index >= 15 is 0 Å². The van der Waals surface area contributed by atoms with Crippen molar-refractivity contribution in [3.8, 4) is 17.1 Å². The summed E-state index contributed by atoms with van der Waals surface area (Å²) in [6.07, 6.45) is 1.78. The molecule has 6 nitrogen and oxygen atoms in total. The van der Waals surface area contributed by atoms with Crippen LogP contribution < -0.4 is 15.8 Å². The van der Waals surface area contributed by atoms with E-state index < -0.39 is 0 Å². The predicted molar refractivity (Wildman–Crippen MR) is 96.0 cm³/mol. The maximum atomic E-state index is 5.81. The lowest BCUT2D eigenvalue weighted by Gasteiger charge is -2.08. The number of anilines is 3. The Hall–Kier alpha value is -3.41. The first-order chi connectivity index (χ1) is 11.7. The zero-order valence-electron chi connectivity index (χ0n) is 13.2. The molecule has 0 aliphatic carbocycles. The number of hydrogen-bond acceptors (Lipinski definition) is 6. The van der Waals surface area contributed by atoms with Crippen LogP contribution in [0.5, 0.6) is 5.75 Å². The summed E-state index contributed by atoms with van der Waals surface area (Å²) in [6.45, 7) is 3.73. The summed E-state index contributed by atoms with van der Waals surface area (Å²) in [5.41, 5.74) is 8.53. The van der Waals surface area contributed by atoms with Gasteiger partial charge < -0.3 is 15.8 Å². The van der Waals surface area contributed by atoms with Crippen molar-refractivity contribution >= 4 is 23.7 Å². The standard InChI is InChI=1S/C18H17N5O/c1-3-12-4-8-14(9-5-12)20-18-22-16(21-17(19)23-18)13-6-10-15(24-2)11-7-13/h3-11H,1H2,2H3,(H3,19,20,21,22,23). The summed E-state index contributed by atoms with van der Waals surface area (Å²) in [4.78, 5) is 12.7. The van der Waals surface area contributed by atoms with Crippen LogP contribution in [0.3, 0.4) is 0 Å². The third kappa shape index (κ3) is 3.49. The Bertz CT molecular complexity index is 844. The minimum absolute atomic E-state index is 0.154. The van der Waals surface area contributed by atoms with E-state index in [2.05, 4.69) is 26.8 Å². The van der Waals surface area contributed by atoms with Crippen LogP contribution in [-0.2, 0) is 0 Å². The van der Waals surface area contributed by atoms with Gasteiger partial charge in [-0.25, -0.2) is 0 Å². The molecule has 0 aliphatic heterocycles. The van der Waals surface area contributed by atoms with Crippen molar-refractivity contribution < 1.29 is 4.74 Å². The first kappa shape index (κ1) is 15.5. The van der Waals surface area contributed by atoms with Crippen molar-refractivity contribution in [3.05, 3.63) is 60.7 Å². The molecule has 1 aromatic heterocycles. The molecule has 3 rings (SSSR count). The smallest absolute Gasteiger partial charge is 0.232 e. The maximum absolute atomic E-state index is 5.81. The molecule has 3 N–H and O–H groups in total. The van der Waals surface area contributed by atoms with Crippen LogP contribution in [0.25, 0.3) is 17.5 Å². The Labute approximate surface area is 140 Å². The molecule has 1 heterocycles. The number of ether oxygens (including phenoxy) is 1. The van der Waals surface area contributed by atoms with Crippen molar-refractivity contribution in [3.63, 3.8) is 0 Å². The van der Waals surface area contributed by atoms with Crippen molar-refractivity contribution in [2.24, 2.45) is 0 Å². The van der Waals surface area contributed by atoms with Crippen molar-refractivity contribution in [2.45, 2.75) is 0 Å². The highest BCUT2D eigenvalue weighted by atomic mass is 16.5. The summed E-state index contributed by atoms with van der Waals surface area (Å²) in [6, 6.07) is 15.2. The fourth-order valence-corrected chi connectivity index (χ4v) is 2.15. The van der Waals surface area contributed by atoms with E-state index in [1.807, 2.05) is 48.5 Å². The number of nitrogens with zero attached hydrogens (tertiary/aromatic N) is 3. The van der Waals surface area contributed by atoms with Gasteiger partial charge in [0.05, 0.1) is 7.11 Å². The van der Waals surface area contributed by atoms with Crippen molar-refractivity contribution in [1.82, 2.24) is 15.0 Å². The topological polar surface area (TPSA) is 86.0 Å². The number of nitrogens with two attached hydrogens (primary N) is 1. The monoisotopic (exact) mass is 319 g/mol. The molecule has 120 valence electrons. The van der Waals surface area contributed by atoms with Gasteiger partial charge in [0.1, 0.15) is 5.75 Å². The lowest BCUT2D eigenvalue weighted by Crippen LogP contribution is -2.05. The molecule has 6 heteroatoms. The quantitative estimate of drug-likeness (QED) is 0.748. The average Bonchev–Trinajstić information content (AvgIpc) is 2.62. The maximum Gasteiger partial charge on any atom is 0.232 e. The number of aromatic nitrogens is 3. The molecule has 3 aromatic rings. The SMILES string of the molecule is C=Cc1ccc(Nc2nc(N)nc(-c3ccc(OC)cc3)n2)cc1. The molecule has 0 radical (unpaired) electrons. The molecule has 0 saturated carbocycles. The number of nitrogen functional groups attached to an aromatic ring is 1. The lowest BCUT2D eigenvalue weighted by atomic mass is 10.2. The molecule has 0 atom stereocenters. The average molecular weight is 319 g/mol. The number of methoxy groups -OCH3 is 1. The summed E-state index contributed by atoms with van der Waals surface area (Å²) in [5.74, 6) is 1.80. The van der Waals surface area contributed by atoms with Crippen LogP contribution in [0.15, 0.2) is 55.1 Å². The van der Waals surface area contributed by atoms with Gasteiger partial charge in [-0.05, 0) is 42.0 Å². The lowest BCUT2D eigenvalue weighted by molar-refractivity contribution is 0.415. The van der Waals surface area contributed by atoms with Gasteiger partial charge in [-0.2, -0.15) is 15.0 Å². The molecule has 0 bridgehead atoms. The van der Waals surface area contributed by atoms with E-state index in [0.29, 0.717) is 11.8 Å². The van der Waals surface area contributed by atoms with E-state index in [4.69, 9.17) is 10.5 Å². The first-order valence-corrected chi connectivity index (χ1v) is 7.33. The predicted octanol–water partition coefficient (Wildman–Crippen LogP) is 3.52. The zero-order valence-corrected chi connectivity index (χ0v) is 13.2. The second-order valence-corrected chi connectivity index (χ2v) is 5.02. The second-order valence-electron chi connectivity index (χ2n) is 5.02. The Kier molecular flexibility index (Phi) is 4.38. The van der Waals surface area contributed by atoms with E-state index in [0.717, 1.165) is 22.6 Å². The fourth-order valence-electron chi connectivity index (χ4n) is 2.15. The highest BCUT2D eigenvalue weighted by molar-refractivity contribution is 5.62. The molecule has 24 heavy (non-hydrogen) atoms. The van der Waals surface area contributed by atoms with E-state index in [-0.39, 0.29) is 5.95 Å². The molecule has 0 aliphatic rings. The molecular formula is C18H17N5O. The van der Waals surface area contributed by atoms with Gasteiger partial charge >= 0.3 is 0 Å². The fraction of sp³-hybridized carbons (Fsp3) is 0.0556. The van der Waals surface area contributed by atoms with Gasteiger partial charge in [0.2, 0.25) is 11.9 Å². The normalized spacial score (nSPS) is 10.2. The van der Waals surface area contributed by atoms with Gasteiger partial charge in [-0.1, -0.05) is 24.8 Å². The van der Waals surface area contributed by atoms with Gasteiger partial charge in [0.15, 0.2) is 5.82 Å². The highest BCUT2D eigenvalue weighted by Gasteiger charge is 2.07. The summed E-state index contributed by atoms with van der Waals surface area (Å²) < 4.78 is 5.15. The number of hydrogen-bond donors (Lipinski definition) is 2. The van der Waals surface area contributed by atoms with Crippen LogP contribution in [0, 0.1) is 0 Å². The Balaban J connectivity index is 1.88. The Morgan fingerprint density at radius 3 is 2.33 bits per heavy atom. The van der Waals surface area contributed by atoms with Gasteiger partial charge in [0, 0.05) is 11.3 Å². The molecule has 0 spiro atoms. The van der Waals surface area contributed by atoms with Gasteiger partial charge in [0.25, 0.3) is 0 Å². The first-order valence-electron chi connectivity index (χ1n) is 7.33. The van der Waals surface area contributed by atoms with Crippen LogP contribution >= 0.6 is 0 Å². The minimum Gasteiger partial charge on any atom is -0.497 e.